The SMILES string of the molecule is Cc1[c-]ccc(-c2ccc(C3CCC(C)CC3)cc2)c1C.[Rb+]. The van der Waals surface area contributed by atoms with E-state index < -0.39 is 0 Å². The first-order valence-electron chi connectivity index (χ1n) is 8.23. The molecule has 0 unspecified atom stereocenters. The maximum absolute atomic E-state index is 3.28. The summed E-state index contributed by atoms with van der Waals surface area (Å²) in [5.74, 6) is 1.70. The Hall–Kier alpha value is 0.245. The number of benzene rings is 2. The number of rotatable bonds is 2. The van der Waals surface area contributed by atoms with Gasteiger partial charge in [0.15, 0.2) is 0 Å². The van der Waals surface area contributed by atoms with E-state index in [1.165, 1.54) is 53.5 Å². The van der Waals surface area contributed by atoms with E-state index in [2.05, 4.69) is 57.2 Å². The molecule has 2 aromatic carbocycles. The van der Waals surface area contributed by atoms with Crippen molar-refractivity contribution in [2.24, 2.45) is 5.92 Å². The standard InChI is InChI=1S/C21H25.Rb/c1-15-7-9-18(10-8-15)19-11-13-20(14-12-19)21-6-4-5-16(2)17(21)3;/h4,6,11-15,18H,7-10H2,1-3H3;/q-1;+1. The molecule has 3 rings (SSSR count). The molecule has 22 heavy (non-hydrogen) atoms. The Kier molecular flexibility index (Phi) is 7.07. The molecule has 1 fully saturated rings. The van der Waals surface area contributed by atoms with Crippen molar-refractivity contribution in [3.63, 3.8) is 0 Å². The van der Waals surface area contributed by atoms with Crippen molar-refractivity contribution in [2.75, 3.05) is 0 Å². The Morgan fingerprint density at radius 2 is 1.55 bits per heavy atom. The first-order chi connectivity index (χ1) is 10.1. The predicted octanol–water partition coefficient (Wildman–Crippen LogP) is 3.07. The van der Waals surface area contributed by atoms with Crippen LogP contribution in [0.15, 0.2) is 36.4 Å². The molecule has 1 saturated carbocycles. The Labute approximate surface area is 184 Å². The van der Waals surface area contributed by atoms with Crippen molar-refractivity contribution in [2.45, 2.75) is 52.4 Å². The molecule has 0 aromatic heterocycles. The molecule has 0 radical (unpaired) electrons. The minimum absolute atomic E-state index is 0. The maximum Gasteiger partial charge on any atom is 1.00 e. The zero-order valence-corrected chi connectivity index (χ0v) is 19.4. The summed E-state index contributed by atoms with van der Waals surface area (Å²) in [6.45, 7) is 6.71. The Morgan fingerprint density at radius 3 is 2.18 bits per heavy atom. The van der Waals surface area contributed by atoms with Crippen LogP contribution in [0.5, 0.6) is 0 Å². The molecular weight excluding hydrogens is 338 g/mol. The number of aryl methyl sites for hydroxylation is 1. The van der Waals surface area contributed by atoms with Crippen molar-refractivity contribution in [3.8, 4) is 11.1 Å². The molecule has 0 saturated heterocycles. The molecule has 110 valence electrons. The Bertz CT molecular complexity index is 604. The minimum atomic E-state index is 0. The molecular formula is C21H25Rb. The summed E-state index contributed by atoms with van der Waals surface area (Å²) in [4.78, 5) is 0. The third-order valence-corrected chi connectivity index (χ3v) is 5.23. The van der Waals surface area contributed by atoms with Crippen LogP contribution in [0.3, 0.4) is 0 Å². The van der Waals surface area contributed by atoms with E-state index in [0.29, 0.717) is 0 Å². The summed E-state index contributed by atoms with van der Waals surface area (Å²) in [5.41, 5.74) is 6.80. The van der Waals surface area contributed by atoms with E-state index in [9.17, 15) is 0 Å². The molecule has 0 amide bonds. The third-order valence-electron chi connectivity index (χ3n) is 5.23. The van der Waals surface area contributed by atoms with Crippen LogP contribution in [0, 0.1) is 25.8 Å². The molecule has 0 aliphatic heterocycles. The Morgan fingerprint density at radius 1 is 0.909 bits per heavy atom. The van der Waals surface area contributed by atoms with E-state index >= 15 is 0 Å². The zero-order chi connectivity index (χ0) is 14.8. The average molecular weight is 363 g/mol. The van der Waals surface area contributed by atoms with Gasteiger partial charge in [-0.15, -0.1) is 11.1 Å². The first-order valence-corrected chi connectivity index (χ1v) is 8.23. The van der Waals surface area contributed by atoms with Gasteiger partial charge < -0.3 is 0 Å². The number of hydrogen-bond acceptors (Lipinski definition) is 0. The van der Waals surface area contributed by atoms with E-state index in [-0.39, 0.29) is 58.2 Å². The van der Waals surface area contributed by atoms with Crippen LogP contribution in [0.1, 0.15) is 55.2 Å². The molecule has 0 atom stereocenters. The fourth-order valence-corrected chi connectivity index (χ4v) is 3.53. The van der Waals surface area contributed by atoms with Gasteiger partial charge in [-0.25, -0.2) is 0 Å². The van der Waals surface area contributed by atoms with Gasteiger partial charge in [0.25, 0.3) is 0 Å². The molecule has 1 aliphatic carbocycles. The second-order valence-corrected chi connectivity index (χ2v) is 6.72. The molecule has 2 aromatic rings. The molecule has 0 bridgehead atoms. The van der Waals surface area contributed by atoms with Gasteiger partial charge >= 0.3 is 58.2 Å². The molecule has 0 spiro atoms. The summed E-state index contributed by atoms with van der Waals surface area (Å²) in [6, 6.07) is 16.8. The summed E-state index contributed by atoms with van der Waals surface area (Å²) in [7, 11) is 0. The van der Waals surface area contributed by atoms with Crippen LogP contribution in [-0.4, -0.2) is 0 Å². The summed E-state index contributed by atoms with van der Waals surface area (Å²) >= 11 is 0. The van der Waals surface area contributed by atoms with E-state index in [1.807, 2.05) is 6.07 Å². The van der Waals surface area contributed by atoms with Crippen LogP contribution in [0.2, 0.25) is 0 Å². The van der Waals surface area contributed by atoms with E-state index in [0.717, 1.165) is 11.8 Å². The van der Waals surface area contributed by atoms with Gasteiger partial charge in [-0.3, -0.25) is 0 Å². The molecule has 0 heterocycles. The smallest absolute Gasteiger partial charge is 0.180 e. The summed E-state index contributed by atoms with van der Waals surface area (Å²) < 4.78 is 0. The summed E-state index contributed by atoms with van der Waals surface area (Å²) in [6.07, 6.45) is 5.50. The van der Waals surface area contributed by atoms with Crippen molar-refractivity contribution >= 4 is 0 Å². The van der Waals surface area contributed by atoms with Crippen molar-refractivity contribution in [1.82, 2.24) is 0 Å². The van der Waals surface area contributed by atoms with Crippen molar-refractivity contribution < 1.29 is 58.2 Å². The molecule has 0 nitrogen and oxygen atoms in total. The van der Waals surface area contributed by atoms with Crippen molar-refractivity contribution in [3.05, 3.63) is 59.2 Å². The average Bonchev–Trinajstić information content (AvgIpc) is 2.51. The second-order valence-electron chi connectivity index (χ2n) is 6.72. The monoisotopic (exact) mass is 362 g/mol. The molecule has 1 heteroatoms. The molecule has 1 aliphatic rings. The van der Waals surface area contributed by atoms with Crippen molar-refractivity contribution in [1.29, 1.82) is 0 Å². The molecule has 0 N–H and O–H groups in total. The van der Waals surface area contributed by atoms with Crippen LogP contribution >= 0.6 is 0 Å². The van der Waals surface area contributed by atoms with E-state index in [1.54, 1.807) is 0 Å². The first kappa shape index (κ1) is 18.6. The van der Waals surface area contributed by atoms with Crippen LogP contribution in [-0.2, 0) is 0 Å². The van der Waals surface area contributed by atoms with Crippen LogP contribution in [0.4, 0.5) is 0 Å². The normalized spacial score (nSPS) is 21.2. The largest absolute Gasteiger partial charge is 1.00 e. The zero-order valence-electron chi connectivity index (χ0n) is 14.4. The minimum Gasteiger partial charge on any atom is -0.180 e. The quantitative estimate of drug-likeness (QED) is 0.720. The number of hydrogen-bond donors (Lipinski definition) is 0. The predicted molar refractivity (Wildman–Crippen MR) is 90.6 cm³/mol. The third kappa shape index (κ3) is 4.20. The van der Waals surface area contributed by atoms with Gasteiger partial charge in [0.2, 0.25) is 0 Å². The topological polar surface area (TPSA) is 0 Å². The van der Waals surface area contributed by atoms with Gasteiger partial charge in [0.05, 0.1) is 0 Å². The van der Waals surface area contributed by atoms with Crippen LogP contribution < -0.4 is 58.2 Å². The Balaban J connectivity index is 0.00000176. The van der Waals surface area contributed by atoms with Gasteiger partial charge in [0.1, 0.15) is 0 Å². The van der Waals surface area contributed by atoms with Crippen LogP contribution in [0.25, 0.3) is 11.1 Å². The summed E-state index contributed by atoms with van der Waals surface area (Å²) in [5, 5.41) is 0. The fourth-order valence-electron chi connectivity index (χ4n) is 3.53. The fraction of sp³-hybridized carbons (Fsp3) is 0.429. The van der Waals surface area contributed by atoms with Gasteiger partial charge in [-0.05, 0) is 35.8 Å². The van der Waals surface area contributed by atoms with Gasteiger partial charge in [-0.2, -0.15) is 23.8 Å². The second kappa shape index (κ2) is 8.37. The van der Waals surface area contributed by atoms with Gasteiger partial charge in [-0.1, -0.05) is 57.9 Å². The van der Waals surface area contributed by atoms with E-state index in [4.69, 9.17) is 0 Å². The maximum atomic E-state index is 3.28. The van der Waals surface area contributed by atoms with Gasteiger partial charge in [0, 0.05) is 0 Å².